The molecule has 1 heterocycles. The maximum atomic E-state index is 12.4. The summed E-state index contributed by atoms with van der Waals surface area (Å²) in [5.74, 6) is 1.15. The zero-order valence-corrected chi connectivity index (χ0v) is 19.1. The van der Waals surface area contributed by atoms with Crippen molar-refractivity contribution in [3.05, 3.63) is 70.7 Å². The Balaban J connectivity index is 1.74. The lowest BCUT2D eigenvalue weighted by atomic mass is 10.0. The fraction of sp³-hybridized carbons (Fsp3) is 0.227. The number of anilines is 1. The maximum absolute atomic E-state index is 12.4. The number of hydrogen-bond donors (Lipinski definition) is 1. The van der Waals surface area contributed by atoms with E-state index in [0.29, 0.717) is 33.4 Å². The predicted molar refractivity (Wildman–Crippen MR) is 126 cm³/mol. The Morgan fingerprint density at radius 1 is 1.20 bits per heavy atom. The van der Waals surface area contributed by atoms with Crippen molar-refractivity contribution in [3.63, 3.8) is 0 Å². The number of thioether (sulfide) groups is 1. The Kier molecular flexibility index (Phi) is 7.58. The van der Waals surface area contributed by atoms with Gasteiger partial charge in [-0.15, -0.1) is 16.8 Å². The standard InChI is InChI=1S/C22H22Cl2N4OS/c1-4-11-28-21(16-7-5-15(6-8-16)14(2)3)26-27-22(28)30-13-20(29)25-19-12-17(23)9-10-18(19)24/h4-10,12,14H,1,11,13H2,2-3H3,(H,25,29). The number of carbonyl (C=O) groups is 1. The first-order valence-corrected chi connectivity index (χ1v) is 11.1. The topological polar surface area (TPSA) is 59.8 Å². The average molecular weight is 461 g/mol. The highest BCUT2D eigenvalue weighted by Gasteiger charge is 2.16. The Hall–Kier alpha value is -2.28. The molecule has 0 aliphatic carbocycles. The molecule has 1 N–H and O–H groups in total. The van der Waals surface area contributed by atoms with Gasteiger partial charge in [0.25, 0.3) is 0 Å². The first-order chi connectivity index (χ1) is 14.4. The molecule has 0 radical (unpaired) electrons. The van der Waals surface area contributed by atoms with Gasteiger partial charge < -0.3 is 5.32 Å². The molecule has 0 bridgehead atoms. The molecule has 0 spiro atoms. The zero-order valence-electron chi connectivity index (χ0n) is 16.7. The van der Waals surface area contributed by atoms with E-state index in [9.17, 15) is 4.79 Å². The van der Waals surface area contributed by atoms with E-state index in [2.05, 4.69) is 48.1 Å². The average Bonchev–Trinajstić information content (AvgIpc) is 3.12. The minimum absolute atomic E-state index is 0.157. The van der Waals surface area contributed by atoms with Crippen molar-refractivity contribution < 1.29 is 4.79 Å². The van der Waals surface area contributed by atoms with Crippen LogP contribution in [0.1, 0.15) is 25.3 Å². The van der Waals surface area contributed by atoms with Crippen molar-refractivity contribution in [2.24, 2.45) is 0 Å². The number of benzene rings is 2. The van der Waals surface area contributed by atoms with Gasteiger partial charge in [-0.05, 0) is 29.7 Å². The van der Waals surface area contributed by atoms with Crippen molar-refractivity contribution in [3.8, 4) is 11.4 Å². The third kappa shape index (κ3) is 5.45. The van der Waals surface area contributed by atoms with Gasteiger partial charge in [0.1, 0.15) is 0 Å². The summed E-state index contributed by atoms with van der Waals surface area (Å²) < 4.78 is 1.95. The summed E-state index contributed by atoms with van der Waals surface area (Å²) >= 11 is 13.4. The molecule has 0 atom stereocenters. The van der Waals surface area contributed by atoms with E-state index in [-0.39, 0.29) is 11.7 Å². The normalized spacial score (nSPS) is 11.0. The number of aromatic nitrogens is 3. The van der Waals surface area contributed by atoms with Gasteiger partial charge >= 0.3 is 0 Å². The summed E-state index contributed by atoms with van der Waals surface area (Å²) in [6, 6.07) is 13.2. The molecule has 1 aromatic heterocycles. The van der Waals surface area contributed by atoms with Crippen LogP contribution in [0.5, 0.6) is 0 Å². The number of carbonyl (C=O) groups excluding carboxylic acids is 1. The van der Waals surface area contributed by atoms with E-state index in [0.717, 1.165) is 11.4 Å². The zero-order chi connectivity index (χ0) is 21.7. The molecule has 0 unspecified atom stereocenters. The quantitative estimate of drug-likeness (QED) is 0.316. The van der Waals surface area contributed by atoms with Crippen LogP contribution in [0.3, 0.4) is 0 Å². The van der Waals surface area contributed by atoms with Gasteiger partial charge in [-0.3, -0.25) is 9.36 Å². The first kappa shape index (κ1) is 22.4. The molecule has 0 aliphatic rings. The second kappa shape index (κ2) is 10.2. The van der Waals surface area contributed by atoms with Crippen LogP contribution in [-0.4, -0.2) is 26.4 Å². The van der Waals surface area contributed by atoms with E-state index in [1.54, 1.807) is 24.3 Å². The van der Waals surface area contributed by atoms with Gasteiger partial charge in [-0.25, -0.2) is 0 Å². The fourth-order valence-electron chi connectivity index (χ4n) is 2.83. The molecule has 3 rings (SSSR count). The van der Waals surface area contributed by atoms with Crippen molar-refractivity contribution in [1.29, 1.82) is 0 Å². The minimum Gasteiger partial charge on any atom is -0.324 e. The number of halogens is 2. The Morgan fingerprint density at radius 3 is 2.60 bits per heavy atom. The van der Waals surface area contributed by atoms with Crippen molar-refractivity contribution in [2.75, 3.05) is 11.1 Å². The Bertz CT molecular complexity index is 1050. The molecular weight excluding hydrogens is 439 g/mol. The van der Waals surface area contributed by atoms with Crippen LogP contribution < -0.4 is 5.32 Å². The van der Waals surface area contributed by atoms with Gasteiger partial charge in [0.15, 0.2) is 11.0 Å². The number of nitrogens with one attached hydrogen (secondary N) is 1. The highest BCUT2D eigenvalue weighted by Crippen LogP contribution is 2.28. The lowest BCUT2D eigenvalue weighted by molar-refractivity contribution is -0.113. The SMILES string of the molecule is C=CCn1c(SCC(=O)Nc2cc(Cl)ccc2Cl)nnc1-c1ccc(C(C)C)cc1. The molecule has 8 heteroatoms. The Morgan fingerprint density at radius 2 is 1.93 bits per heavy atom. The molecule has 0 saturated carbocycles. The number of amides is 1. The molecular formula is C22H22Cl2N4OS. The summed E-state index contributed by atoms with van der Waals surface area (Å²) in [6.07, 6.45) is 1.78. The molecule has 3 aromatic rings. The summed E-state index contributed by atoms with van der Waals surface area (Å²) in [6.45, 7) is 8.68. The van der Waals surface area contributed by atoms with Crippen molar-refractivity contribution in [1.82, 2.24) is 14.8 Å². The van der Waals surface area contributed by atoms with Crippen LogP contribution in [0.4, 0.5) is 5.69 Å². The van der Waals surface area contributed by atoms with Crippen LogP contribution in [0, 0.1) is 0 Å². The van der Waals surface area contributed by atoms with E-state index in [4.69, 9.17) is 23.2 Å². The van der Waals surface area contributed by atoms with Crippen molar-refractivity contribution >= 4 is 46.6 Å². The van der Waals surface area contributed by atoms with Crippen LogP contribution in [-0.2, 0) is 11.3 Å². The molecule has 0 aliphatic heterocycles. The summed E-state index contributed by atoms with van der Waals surface area (Å²) in [5, 5.41) is 13.0. The molecule has 2 aromatic carbocycles. The summed E-state index contributed by atoms with van der Waals surface area (Å²) in [7, 11) is 0. The predicted octanol–water partition coefficient (Wildman–Crippen LogP) is 6.29. The van der Waals surface area contributed by atoms with Gasteiger partial charge in [0, 0.05) is 17.1 Å². The number of rotatable bonds is 8. The summed E-state index contributed by atoms with van der Waals surface area (Å²) in [4.78, 5) is 12.4. The molecule has 0 saturated heterocycles. The maximum Gasteiger partial charge on any atom is 0.234 e. The molecule has 5 nitrogen and oxygen atoms in total. The third-order valence-corrected chi connectivity index (χ3v) is 5.93. The van der Waals surface area contributed by atoms with E-state index in [1.165, 1.54) is 17.3 Å². The second-order valence-electron chi connectivity index (χ2n) is 6.94. The van der Waals surface area contributed by atoms with Crippen LogP contribution >= 0.6 is 35.0 Å². The molecule has 0 fully saturated rings. The van der Waals surface area contributed by atoms with E-state index in [1.807, 2.05) is 16.7 Å². The second-order valence-corrected chi connectivity index (χ2v) is 8.73. The Labute approximate surface area is 190 Å². The largest absolute Gasteiger partial charge is 0.324 e. The molecule has 156 valence electrons. The van der Waals surface area contributed by atoms with Crippen LogP contribution in [0.25, 0.3) is 11.4 Å². The smallest absolute Gasteiger partial charge is 0.234 e. The van der Waals surface area contributed by atoms with Gasteiger partial charge in [-0.1, -0.05) is 79.2 Å². The lowest BCUT2D eigenvalue weighted by Crippen LogP contribution is -2.15. The molecule has 1 amide bonds. The molecule has 30 heavy (non-hydrogen) atoms. The summed E-state index contributed by atoms with van der Waals surface area (Å²) in [5.41, 5.74) is 2.71. The monoisotopic (exact) mass is 460 g/mol. The van der Waals surface area contributed by atoms with Crippen molar-refractivity contribution in [2.45, 2.75) is 31.5 Å². The highest BCUT2D eigenvalue weighted by atomic mass is 35.5. The first-order valence-electron chi connectivity index (χ1n) is 9.41. The van der Waals surface area contributed by atoms with E-state index < -0.39 is 0 Å². The number of allylic oxidation sites excluding steroid dienone is 1. The third-order valence-electron chi connectivity index (χ3n) is 4.40. The van der Waals surface area contributed by atoms with Gasteiger partial charge in [0.2, 0.25) is 5.91 Å². The number of nitrogens with zero attached hydrogens (tertiary/aromatic N) is 3. The fourth-order valence-corrected chi connectivity index (χ4v) is 3.91. The lowest BCUT2D eigenvalue weighted by Gasteiger charge is -2.10. The van der Waals surface area contributed by atoms with Gasteiger partial charge in [-0.2, -0.15) is 0 Å². The van der Waals surface area contributed by atoms with Crippen LogP contribution in [0.2, 0.25) is 10.0 Å². The minimum atomic E-state index is -0.208. The number of hydrogen-bond acceptors (Lipinski definition) is 4. The van der Waals surface area contributed by atoms with E-state index >= 15 is 0 Å². The van der Waals surface area contributed by atoms with Gasteiger partial charge in [0.05, 0.1) is 16.5 Å². The highest BCUT2D eigenvalue weighted by molar-refractivity contribution is 7.99. The van der Waals surface area contributed by atoms with Crippen LogP contribution in [0.15, 0.2) is 60.3 Å².